The number of thiophene rings is 2. The molecular weight excluding hydrogens is 623 g/mol. The predicted molar refractivity (Wildman–Crippen MR) is 209 cm³/mol. The van der Waals surface area contributed by atoms with Crippen LogP contribution in [0.15, 0.2) is 134 Å². The lowest BCUT2D eigenvalue weighted by atomic mass is 9.99. The summed E-state index contributed by atoms with van der Waals surface area (Å²) in [6.45, 7) is 6.01. The van der Waals surface area contributed by atoms with Gasteiger partial charge in [0.05, 0.1) is 31.6 Å². The lowest BCUT2D eigenvalue weighted by Gasteiger charge is -2.12. The normalized spacial score (nSPS) is 12.3. The van der Waals surface area contributed by atoms with E-state index in [4.69, 9.17) is 9.97 Å². The quantitative estimate of drug-likeness (QED) is 0.178. The van der Waals surface area contributed by atoms with Crippen molar-refractivity contribution >= 4 is 102 Å². The summed E-state index contributed by atoms with van der Waals surface area (Å²) in [5.41, 5.74) is 7.66. The van der Waals surface area contributed by atoms with Crippen molar-refractivity contribution in [1.82, 2.24) is 14.5 Å². The molecule has 0 aliphatic rings. The molecule has 4 heterocycles. The summed E-state index contributed by atoms with van der Waals surface area (Å²) < 4.78 is 7.19. The first-order valence-corrected chi connectivity index (χ1v) is 17.7. The van der Waals surface area contributed by atoms with E-state index in [1.165, 1.54) is 57.5 Å². The number of benzene rings is 6. The Morgan fingerprint density at radius 1 is 0.646 bits per heavy atom. The molecule has 0 bridgehead atoms. The first kappa shape index (κ1) is 27.5. The summed E-state index contributed by atoms with van der Waals surface area (Å²) in [4.78, 5) is 11.0. The van der Waals surface area contributed by atoms with Crippen LogP contribution in [0.25, 0.3) is 96.3 Å². The van der Waals surface area contributed by atoms with Crippen LogP contribution >= 0.6 is 22.7 Å². The molecule has 10 rings (SSSR count). The van der Waals surface area contributed by atoms with Gasteiger partial charge in [0, 0.05) is 41.9 Å². The monoisotopic (exact) mass is 649 g/mol. The SMILES string of the molecule is C=C/C=C\c1ccc(-c2nc(-n3c4ccccc4c4c5ccccc5c5c6ccccc6sc5c43)nc3c2sc2ccccc23)cc1C. The fourth-order valence-corrected chi connectivity index (χ4v) is 9.80. The topological polar surface area (TPSA) is 30.7 Å². The van der Waals surface area contributed by atoms with Crippen molar-refractivity contribution in [2.75, 3.05) is 0 Å². The van der Waals surface area contributed by atoms with Crippen molar-refractivity contribution < 1.29 is 0 Å². The number of para-hydroxylation sites is 1. The van der Waals surface area contributed by atoms with Crippen molar-refractivity contribution in [1.29, 1.82) is 0 Å². The lowest BCUT2D eigenvalue weighted by Crippen LogP contribution is -2.03. The van der Waals surface area contributed by atoms with Crippen LogP contribution in [0.2, 0.25) is 0 Å². The zero-order valence-corrected chi connectivity index (χ0v) is 27.7. The Labute approximate surface area is 284 Å². The van der Waals surface area contributed by atoms with Crippen molar-refractivity contribution in [2.45, 2.75) is 6.92 Å². The third kappa shape index (κ3) is 3.86. The van der Waals surface area contributed by atoms with Crippen LogP contribution < -0.4 is 0 Å². The number of hydrogen-bond donors (Lipinski definition) is 0. The van der Waals surface area contributed by atoms with Gasteiger partial charge in [0.1, 0.15) is 0 Å². The molecule has 4 aromatic heterocycles. The Kier molecular flexibility index (Phi) is 5.98. The molecule has 0 fully saturated rings. The van der Waals surface area contributed by atoms with Crippen molar-refractivity contribution in [2.24, 2.45) is 0 Å². The van der Waals surface area contributed by atoms with Gasteiger partial charge in [-0.25, -0.2) is 9.97 Å². The lowest BCUT2D eigenvalue weighted by molar-refractivity contribution is 1.02. The Balaban J connectivity index is 1.39. The van der Waals surface area contributed by atoms with E-state index in [0.717, 1.165) is 37.9 Å². The summed E-state index contributed by atoms with van der Waals surface area (Å²) in [6, 6.07) is 41.6. The van der Waals surface area contributed by atoms with Gasteiger partial charge in [-0.15, -0.1) is 22.7 Å². The molecule has 0 saturated carbocycles. The van der Waals surface area contributed by atoms with Gasteiger partial charge in [0.25, 0.3) is 0 Å². The van der Waals surface area contributed by atoms with Gasteiger partial charge in [-0.05, 0) is 53.1 Å². The van der Waals surface area contributed by atoms with Gasteiger partial charge in [-0.2, -0.15) is 0 Å². The average Bonchev–Trinajstić information content (AvgIpc) is 3.81. The number of hydrogen-bond acceptors (Lipinski definition) is 4. The molecule has 0 N–H and O–H groups in total. The smallest absolute Gasteiger partial charge is 0.235 e. The second kappa shape index (κ2) is 10.4. The first-order chi connectivity index (χ1) is 23.7. The van der Waals surface area contributed by atoms with Crippen molar-refractivity contribution in [3.63, 3.8) is 0 Å². The van der Waals surface area contributed by atoms with E-state index in [2.05, 4.69) is 139 Å². The van der Waals surface area contributed by atoms with Gasteiger partial charge in [-0.3, -0.25) is 4.57 Å². The minimum absolute atomic E-state index is 0.689. The summed E-state index contributed by atoms with van der Waals surface area (Å²) in [5, 5.41) is 8.72. The zero-order valence-electron chi connectivity index (χ0n) is 26.1. The number of allylic oxidation sites excluding steroid dienone is 2. The maximum atomic E-state index is 5.52. The largest absolute Gasteiger partial charge is 0.276 e. The molecule has 48 heavy (non-hydrogen) atoms. The van der Waals surface area contributed by atoms with E-state index in [1.807, 2.05) is 23.5 Å². The van der Waals surface area contributed by atoms with E-state index in [0.29, 0.717) is 5.95 Å². The Morgan fingerprint density at radius 3 is 2.06 bits per heavy atom. The van der Waals surface area contributed by atoms with Crippen LogP contribution in [0.5, 0.6) is 0 Å². The summed E-state index contributed by atoms with van der Waals surface area (Å²) in [7, 11) is 0. The molecular formula is C43H27N3S2. The molecule has 0 aliphatic carbocycles. The fourth-order valence-electron chi connectivity index (χ4n) is 7.39. The Bertz CT molecular complexity index is 2990. The molecule has 0 saturated heterocycles. The highest BCUT2D eigenvalue weighted by Crippen LogP contribution is 2.48. The van der Waals surface area contributed by atoms with E-state index in [1.54, 1.807) is 11.3 Å². The fraction of sp³-hybridized carbons (Fsp3) is 0.0233. The van der Waals surface area contributed by atoms with Crippen LogP contribution in [-0.4, -0.2) is 14.5 Å². The number of aryl methyl sites for hydroxylation is 1. The molecule has 0 amide bonds. The first-order valence-electron chi connectivity index (χ1n) is 16.0. The van der Waals surface area contributed by atoms with Gasteiger partial charge >= 0.3 is 0 Å². The number of rotatable bonds is 4. The molecule has 10 aromatic rings. The van der Waals surface area contributed by atoms with Crippen molar-refractivity contribution in [3.8, 4) is 17.2 Å². The van der Waals surface area contributed by atoms with E-state index < -0.39 is 0 Å². The summed E-state index contributed by atoms with van der Waals surface area (Å²) >= 11 is 3.63. The van der Waals surface area contributed by atoms with Gasteiger partial charge in [-0.1, -0.05) is 116 Å². The van der Waals surface area contributed by atoms with Crippen LogP contribution in [-0.2, 0) is 0 Å². The Hall–Kier alpha value is -5.62. The average molecular weight is 650 g/mol. The third-order valence-corrected chi connectivity index (χ3v) is 11.9. The van der Waals surface area contributed by atoms with E-state index >= 15 is 0 Å². The number of nitrogens with zero attached hydrogens (tertiary/aromatic N) is 3. The van der Waals surface area contributed by atoms with Crippen LogP contribution in [0, 0.1) is 6.92 Å². The molecule has 6 aromatic carbocycles. The second-order valence-electron chi connectivity index (χ2n) is 12.2. The summed E-state index contributed by atoms with van der Waals surface area (Å²) in [5.74, 6) is 0.689. The highest BCUT2D eigenvalue weighted by atomic mass is 32.1. The van der Waals surface area contributed by atoms with Gasteiger partial charge in [0.15, 0.2) is 0 Å². The van der Waals surface area contributed by atoms with E-state index in [-0.39, 0.29) is 0 Å². The van der Waals surface area contributed by atoms with E-state index in [9.17, 15) is 0 Å². The van der Waals surface area contributed by atoms with Crippen LogP contribution in [0.4, 0.5) is 0 Å². The molecule has 0 atom stereocenters. The number of aromatic nitrogens is 3. The maximum absolute atomic E-state index is 5.52. The molecule has 0 radical (unpaired) electrons. The van der Waals surface area contributed by atoms with Crippen molar-refractivity contribution in [3.05, 3.63) is 145 Å². The molecule has 0 unspecified atom stereocenters. The highest BCUT2D eigenvalue weighted by molar-refractivity contribution is 7.27. The minimum atomic E-state index is 0.689. The third-order valence-electron chi connectivity index (χ3n) is 9.51. The van der Waals surface area contributed by atoms with Crippen LogP contribution in [0.3, 0.4) is 0 Å². The predicted octanol–water partition coefficient (Wildman–Crippen LogP) is 12.6. The summed E-state index contributed by atoms with van der Waals surface area (Å²) in [6.07, 6.45) is 5.90. The Morgan fingerprint density at radius 2 is 1.29 bits per heavy atom. The van der Waals surface area contributed by atoms with Gasteiger partial charge in [0.2, 0.25) is 5.95 Å². The zero-order chi connectivity index (χ0) is 31.9. The second-order valence-corrected chi connectivity index (χ2v) is 14.3. The molecule has 5 heteroatoms. The molecule has 0 aliphatic heterocycles. The minimum Gasteiger partial charge on any atom is -0.276 e. The molecule has 0 spiro atoms. The molecule has 3 nitrogen and oxygen atoms in total. The molecule has 226 valence electrons. The van der Waals surface area contributed by atoms with Gasteiger partial charge < -0.3 is 0 Å². The van der Waals surface area contributed by atoms with Crippen LogP contribution in [0.1, 0.15) is 11.1 Å². The standard InChI is InChI=1S/C43H27N3S2/c1-3-4-13-26-22-23-27(24-25(26)2)38-42-39(32-18-9-12-21-35(32)48-42)45-43(44-38)46-33-19-10-7-16-30(33)36-28-14-5-6-15-29(28)37-31-17-8-11-20-34(31)47-41(37)40(36)46/h3-24H,1H2,2H3/b13-4-. The maximum Gasteiger partial charge on any atom is 0.235 e. The number of fused-ring (bicyclic) bond motifs is 13. The highest BCUT2D eigenvalue weighted by Gasteiger charge is 2.24.